The van der Waals surface area contributed by atoms with Crippen molar-refractivity contribution >= 4 is 21.8 Å². The molecule has 2 aromatic rings. The van der Waals surface area contributed by atoms with Gasteiger partial charge in [-0.25, -0.2) is 4.68 Å². The first kappa shape index (κ1) is 16.9. The van der Waals surface area contributed by atoms with Gasteiger partial charge in [0.05, 0.1) is 11.3 Å². The van der Waals surface area contributed by atoms with Crippen molar-refractivity contribution in [2.45, 2.75) is 52.9 Å². The molecule has 0 unspecified atom stereocenters. The fraction of sp³-hybridized carbons (Fsp3) is 0.444. The highest BCUT2D eigenvalue weighted by atomic mass is 79.9. The first-order valence-electron chi connectivity index (χ1n) is 7.90. The Kier molecular flexibility index (Phi) is 5.95. The van der Waals surface area contributed by atoms with E-state index in [1.807, 2.05) is 38.1 Å². The fourth-order valence-corrected chi connectivity index (χ4v) is 3.17. The molecule has 0 aliphatic heterocycles. The minimum absolute atomic E-state index is 0.0760. The zero-order valence-corrected chi connectivity index (χ0v) is 15.1. The maximum atomic E-state index is 12.7. The Hall–Kier alpha value is -1.42. The van der Waals surface area contributed by atoms with E-state index in [9.17, 15) is 4.79 Å². The zero-order chi connectivity index (χ0) is 16.1. The van der Waals surface area contributed by atoms with Crippen molar-refractivity contribution in [3.63, 3.8) is 0 Å². The largest absolute Gasteiger partial charge is 0.279 e. The molecule has 0 bridgehead atoms. The summed E-state index contributed by atoms with van der Waals surface area (Å²) in [5.41, 5.74) is 3.80. The lowest BCUT2D eigenvalue weighted by atomic mass is 10.0. The molecule has 0 saturated carbocycles. The van der Waals surface area contributed by atoms with E-state index in [2.05, 4.69) is 28.0 Å². The van der Waals surface area contributed by atoms with Gasteiger partial charge in [-0.2, -0.15) is 5.10 Å². The molecule has 3 nitrogen and oxygen atoms in total. The van der Waals surface area contributed by atoms with Crippen LogP contribution in [-0.4, -0.2) is 15.7 Å². The summed E-state index contributed by atoms with van der Waals surface area (Å²) >= 11 is 3.44. The summed E-state index contributed by atoms with van der Waals surface area (Å²) in [7, 11) is 0. The molecule has 1 aromatic carbocycles. The normalized spacial score (nSPS) is 10.9. The van der Waals surface area contributed by atoms with Crippen LogP contribution in [0, 0.1) is 13.8 Å². The molecule has 0 fully saturated rings. The molecular weight excluding hydrogens is 340 g/mol. The van der Waals surface area contributed by atoms with E-state index in [0.29, 0.717) is 5.56 Å². The second kappa shape index (κ2) is 7.73. The third-order valence-corrected chi connectivity index (χ3v) is 4.71. The maximum absolute atomic E-state index is 12.7. The van der Waals surface area contributed by atoms with Gasteiger partial charge in [0.1, 0.15) is 0 Å². The number of hydrogen-bond acceptors (Lipinski definition) is 2. The standard InChI is InChI=1S/C18H23BrN2O/c1-4-5-6-7-10-15-13(2)20-21(14(15)3)18(22)16-11-8-9-12-17(16)19/h8-9,11-12H,4-7,10H2,1-3H3. The molecular formula is C18H23BrN2O. The number of benzene rings is 1. The van der Waals surface area contributed by atoms with E-state index in [4.69, 9.17) is 0 Å². The van der Waals surface area contributed by atoms with Crippen LogP contribution in [0.2, 0.25) is 0 Å². The van der Waals surface area contributed by atoms with Crippen LogP contribution in [-0.2, 0) is 6.42 Å². The molecule has 4 heteroatoms. The maximum Gasteiger partial charge on any atom is 0.279 e. The van der Waals surface area contributed by atoms with Crippen LogP contribution in [0.4, 0.5) is 0 Å². The van der Waals surface area contributed by atoms with Crippen molar-refractivity contribution < 1.29 is 4.79 Å². The number of aryl methyl sites for hydroxylation is 1. The number of aromatic nitrogens is 2. The average Bonchev–Trinajstić information content (AvgIpc) is 2.79. The predicted molar refractivity (Wildman–Crippen MR) is 93.4 cm³/mol. The monoisotopic (exact) mass is 362 g/mol. The summed E-state index contributed by atoms with van der Waals surface area (Å²) in [6.07, 6.45) is 5.89. The number of nitrogens with zero attached hydrogens (tertiary/aromatic N) is 2. The third-order valence-electron chi connectivity index (χ3n) is 4.02. The fourth-order valence-electron chi connectivity index (χ4n) is 2.71. The van der Waals surface area contributed by atoms with Crippen molar-refractivity contribution in [1.29, 1.82) is 0 Å². The van der Waals surface area contributed by atoms with E-state index >= 15 is 0 Å². The minimum Gasteiger partial charge on any atom is -0.267 e. The Bertz CT molecular complexity index is 661. The first-order chi connectivity index (χ1) is 10.6. The molecule has 118 valence electrons. The lowest BCUT2D eigenvalue weighted by Crippen LogP contribution is -2.16. The van der Waals surface area contributed by atoms with E-state index in [0.717, 1.165) is 28.7 Å². The van der Waals surface area contributed by atoms with Crippen LogP contribution in [0.25, 0.3) is 0 Å². The number of rotatable bonds is 6. The molecule has 1 aromatic heterocycles. The number of carbonyl (C=O) groups excluding carboxylic acids is 1. The van der Waals surface area contributed by atoms with Crippen LogP contribution in [0.5, 0.6) is 0 Å². The summed E-state index contributed by atoms with van der Waals surface area (Å²) in [6.45, 7) is 6.20. The Morgan fingerprint density at radius 3 is 2.59 bits per heavy atom. The summed E-state index contributed by atoms with van der Waals surface area (Å²) in [6, 6.07) is 7.48. The highest BCUT2D eigenvalue weighted by Gasteiger charge is 2.19. The highest BCUT2D eigenvalue weighted by Crippen LogP contribution is 2.21. The Morgan fingerprint density at radius 2 is 1.91 bits per heavy atom. The second-order valence-corrected chi connectivity index (χ2v) is 6.51. The number of carbonyl (C=O) groups is 1. The van der Waals surface area contributed by atoms with E-state index < -0.39 is 0 Å². The highest BCUT2D eigenvalue weighted by molar-refractivity contribution is 9.10. The molecule has 22 heavy (non-hydrogen) atoms. The Balaban J connectivity index is 2.22. The number of unbranched alkanes of at least 4 members (excludes halogenated alkanes) is 3. The molecule has 0 radical (unpaired) electrons. The Labute approximate surface area is 140 Å². The molecule has 0 spiro atoms. The van der Waals surface area contributed by atoms with Crippen LogP contribution in [0.3, 0.4) is 0 Å². The molecule has 1 heterocycles. The van der Waals surface area contributed by atoms with Gasteiger partial charge in [0.2, 0.25) is 0 Å². The lowest BCUT2D eigenvalue weighted by Gasteiger charge is -2.06. The van der Waals surface area contributed by atoms with E-state index in [1.165, 1.54) is 24.8 Å². The van der Waals surface area contributed by atoms with Gasteiger partial charge in [0, 0.05) is 10.2 Å². The topological polar surface area (TPSA) is 34.9 Å². The van der Waals surface area contributed by atoms with E-state index in [1.54, 1.807) is 4.68 Å². The van der Waals surface area contributed by atoms with Gasteiger partial charge in [0.25, 0.3) is 5.91 Å². The molecule has 0 N–H and O–H groups in total. The van der Waals surface area contributed by atoms with Crippen molar-refractivity contribution in [2.75, 3.05) is 0 Å². The summed E-state index contributed by atoms with van der Waals surface area (Å²) in [5.74, 6) is -0.0760. The lowest BCUT2D eigenvalue weighted by molar-refractivity contribution is 0.0941. The summed E-state index contributed by atoms with van der Waals surface area (Å²) < 4.78 is 2.35. The van der Waals surface area contributed by atoms with Gasteiger partial charge in [0.15, 0.2) is 0 Å². The first-order valence-corrected chi connectivity index (χ1v) is 8.69. The molecule has 2 rings (SSSR count). The molecule has 0 atom stereocenters. The van der Waals surface area contributed by atoms with Crippen molar-refractivity contribution in [1.82, 2.24) is 9.78 Å². The SMILES string of the molecule is CCCCCCc1c(C)nn(C(=O)c2ccccc2Br)c1C. The van der Waals surface area contributed by atoms with Gasteiger partial charge in [-0.3, -0.25) is 4.79 Å². The summed E-state index contributed by atoms with van der Waals surface area (Å²) in [4.78, 5) is 12.7. The van der Waals surface area contributed by atoms with Gasteiger partial charge in [-0.05, 0) is 60.3 Å². The van der Waals surface area contributed by atoms with Gasteiger partial charge >= 0.3 is 0 Å². The zero-order valence-electron chi connectivity index (χ0n) is 13.5. The van der Waals surface area contributed by atoms with Crippen molar-refractivity contribution in [3.05, 3.63) is 51.3 Å². The van der Waals surface area contributed by atoms with Crippen LogP contribution < -0.4 is 0 Å². The van der Waals surface area contributed by atoms with Crippen molar-refractivity contribution in [2.24, 2.45) is 0 Å². The van der Waals surface area contributed by atoms with Gasteiger partial charge in [-0.1, -0.05) is 38.3 Å². The van der Waals surface area contributed by atoms with Crippen LogP contribution in [0.1, 0.15) is 59.9 Å². The minimum atomic E-state index is -0.0760. The molecule has 0 aliphatic rings. The van der Waals surface area contributed by atoms with Gasteiger partial charge < -0.3 is 0 Å². The van der Waals surface area contributed by atoms with Crippen LogP contribution >= 0.6 is 15.9 Å². The molecule has 0 amide bonds. The van der Waals surface area contributed by atoms with Crippen molar-refractivity contribution in [3.8, 4) is 0 Å². The summed E-state index contributed by atoms with van der Waals surface area (Å²) in [5, 5.41) is 4.47. The van der Waals surface area contributed by atoms with Gasteiger partial charge in [-0.15, -0.1) is 0 Å². The van der Waals surface area contributed by atoms with Crippen LogP contribution in [0.15, 0.2) is 28.7 Å². The number of hydrogen-bond donors (Lipinski definition) is 0. The van der Waals surface area contributed by atoms with E-state index in [-0.39, 0.29) is 5.91 Å². The smallest absolute Gasteiger partial charge is 0.267 e. The predicted octanol–water partition coefficient (Wildman–Crippen LogP) is 5.07. The second-order valence-electron chi connectivity index (χ2n) is 5.66. The number of halogens is 1. The molecule has 0 aliphatic carbocycles. The quantitative estimate of drug-likeness (QED) is 0.672. The molecule has 0 saturated heterocycles. The average molecular weight is 363 g/mol. The Morgan fingerprint density at radius 1 is 1.18 bits per heavy atom. The third kappa shape index (κ3) is 3.67.